The van der Waals surface area contributed by atoms with Gasteiger partial charge < -0.3 is 28.1 Å². The van der Waals surface area contributed by atoms with Gasteiger partial charge in [-0.05, 0) is 109 Å². The molecule has 8 heteroatoms. The minimum atomic E-state index is -3.58. The van der Waals surface area contributed by atoms with Crippen LogP contribution in [0.2, 0.25) is 0 Å². The molecule has 0 radical (unpaired) electrons. The van der Waals surface area contributed by atoms with Crippen LogP contribution in [0.25, 0.3) is 54.2 Å². The van der Waals surface area contributed by atoms with E-state index in [0.29, 0.717) is 77.8 Å². The number of fused-ring (bicyclic) bond motifs is 15. The third kappa shape index (κ3) is 4.00. The molecule has 10 aromatic carbocycles. The van der Waals surface area contributed by atoms with Crippen molar-refractivity contribution in [3.8, 4) is 57.1 Å². The summed E-state index contributed by atoms with van der Waals surface area (Å²) in [5, 5.41) is 11.3. The number of hydrogen-bond acceptors (Lipinski definition) is 6. The number of benzene rings is 10. The summed E-state index contributed by atoms with van der Waals surface area (Å²) in [6.07, 6.45) is 0. The lowest BCUT2D eigenvalue weighted by Gasteiger charge is -2.36. The molecule has 0 aromatic heterocycles. The molecule has 4 aliphatic heterocycles. The average molecular weight is 811 g/mol. The van der Waals surface area contributed by atoms with E-state index in [1.807, 2.05) is 146 Å². The lowest BCUT2D eigenvalue weighted by molar-refractivity contribution is 0.462. The molecule has 14 rings (SSSR count). The van der Waals surface area contributed by atoms with Crippen LogP contribution < -0.4 is 50.8 Å². The number of rotatable bonds is 1. The first kappa shape index (κ1) is 32.8. The van der Waals surface area contributed by atoms with Gasteiger partial charge in [0.1, 0.15) is 56.6 Å². The molecule has 282 valence electrons. The first-order chi connectivity index (χ1) is 29.5. The zero-order chi connectivity index (χ0) is 39.5. The van der Waals surface area contributed by atoms with Gasteiger partial charge in [0.05, 0.1) is 21.2 Å². The van der Waals surface area contributed by atoms with Gasteiger partial charge in [-0.25, -0.2) is 0 Å². The van der Waals surface area contributed by atoms with Crippen molar-refractivity contribution in [2.75, 3.05) is 0 Å². The van der Waals surface area contributed by atoms with E-state index in [1.165, 1.54) is 0 Å². The summed E-state index contributed by atoms with van der Waals surface area (Å²) in [5.74, 6) is 4.41. The summed E-state index contributed by atoms with van der Waals surface area (Å²) in [4.78, 5) is 0. The molecular formula is C52H28O6P2. The van der Waals surface area contributed by atoms with E-state index in [0.717, 1.165) is 54.2 Å². The van der Waals surface area contributed by atoms with Crippen molar-refractivity contribution in [2.45, 2.75) is 0 Å². The van der Waals surface area contributed by atoms with Crippen molar-refractivity contribution >= 4 is 89.2 Å². The minimum Gasteiger partial charge on any atom is -0.456 e. The van der Waals surface area contributed by atoms with E-state index in [9.17, 15) is 0 Å². The van der Waals surface area contributed by atoms with Gasteiger partial charge >= 0.3 is 0 Å². The molecule has 0 spiro atoms. The largest absolute Gasteiger partial charge is 0.456 e. The highest BCUT2D eigenvalue weighted by atomic mass is 31.2. The number of hydrogen-bond donors (Lipinski definition) is 0. The molecule has 0 saturated heterocycles. The Balaban J connectivity index is 1.03. The molecule has 0 N–H and O–H groups in total. The molecule has 6 nitrogen and oxygen atoms in total. The van der Waals surface area contributed by atoms with Crippen LogP contribution in [0.4, 0.5) is 0 Å². The van der Waals surface area contributed by atoms with Crippen LogP contribution in [0.15, 0.2) is 170 Å². The van der Waals surface area contributed by atoms with Gasteiger partial charge in [-0.2, -0.15) is 0 Å². The Morgan fingerprint density at radius 2 is 0.750 bits per heavy atom. The van der Waals surface area contributed by atoms with Crippen molar-refractivity contribution in [1.82, 2.24) is 0 Å². The Bertz CT molecular complexity index is 3760. The fourth-order valence-electron chi connectivity index (χ4n) is 10.2. The van der Waals surface area contributed by atoms with Gasteiger partial charge in [-0.15, -0.1) is 0 Å². The van der Waals surface area contributed by atoms with Crippen LogP contribution in [-0.4, -0.2) is 0 Å². The SMILES string of the molecule is O=P12c3cc4cccc(-c5cc6c(c7ccccc57)P5(=O)c7c(cccc7O6)Oc6ccc7ccccc7c65)c4cc3Oc3cccc(c31)Oc1ccc3ccccc3c12. The normalized spacial score (nSPS) is 18.5. The highest BCUT2D eigenvalue weighted by Crippen LogP contribution is 2.62. The van der Waals surface area contributed by atoms with E-state index < -0.39 is 14.3 Å². The van der Waals surface area contributed by atoms with E-state index >= 15 is 9.13 Å². The first-order valence-corrected chi connectivity index (χ1v) is 23.3. The second-order valence-electron chi connectivity index (χ2n) is 15.8. The highest BCUT2D eigenvalue weighted by molar-refractivity contribution is 7.87. The maximum atomic E-state index is 16.6. The third-order valence-electron chi connectivity index (χ3n) is 12.7. The Morgan fingerprint density at radius 1 is 0.283 bits per heavy atom. The van der Waals surface area contributed by atoms with Crippen LogP contribution >= 0.6 is 14.3 Å². The Hall–Kier alpha value is -7.10. The van der Waals surface area contributed by atoms with Gasteiger partial charge in [-0.1, -0.05) is 115 Å². The summed E-state index contributed by atoms with van der Waals surface area (Å²) in [6, 6.07) is 55.8. The molecule has 0 fully saturated rings. The van der Waals surface area contributed by atoms with Crippen LogP contribution in [0.3, 0.4) is 0 Å². The zero-order valence-corrected chi connectivity index (χ0v) is 33.3. The van der Waals surface area contributed by atoms with Gasteiger partial charge in [0, 0.05) is 0 Å². The Kier molecular flexibility index (Phi) is 6.20. The Morgan fingerprint density at radius 3 is 1.40 bits per heavy atom. The maximum absolute atomic E-state index is 16.6. The molecule has 0 bridgehead atoms. The van der Waals surface area contributed by atoms with Crippen molar-refractivity contribution in [1.29, 1.82) is 0 Å². The first-order valence-electron chi connectivity index (χ1n) is 19.9. The minimum absolute atomic E-state index is 0.524. The topological polar surface area (TPSA) is 71.1 Å². The highest BCUT2D eigenvalue weighted by Gasteiger charge is 2.50. The fraction of sp³-hybridized carbons (Fsp3) is 0. The fourth-order valence-corrected chi connectivity index (χ4v) is 17.0. The third-order valence-corrected chi connectivity index (χ3v) is 19.1. The molecule has 2 atom stereocenters. The predicted octanol–water partition coefficient (Wildman–Crippen LogP) is 11.7. The molecule has 4 heterocycles. The van der Waals surface area contributed by atoms with E-state index in [4.69, 9.17) is 18.9 Å². The molecule has 4 aliphatic rings. The van der Waals surface area contributed by atoms with Gasteiger partial charge in [0.2, 0.25) is 0 Å². The van der Waals surface area contributed by atoms with Crippen molar-refractivity contribution < 1.29 is 28.1 Å². The molecular weight excluding hydrogens is 783 g/mol. The van der Waals surface area contributed by atoms with E-state index in [2.05, 4.69) is 24.3 Å². The van der Waals surface area contributed by atoms with E-state index in [-0.39, 0.29) is 0 Å². The monoisotopic (exact) mass is 810 g/mol. The maximum Gasteiger partial charge on any atom is 0.186 e. The summed E-state index contributed by atoms with van der Waals surface area (Å²) in [7, 11) is -7.10. The second-order valence-corrected chi connectivity index (χ2v) is 20.9. The lowest BCUT2D eigenvalue weighted by atomic mass is 9.93. The standard InChI is InChI=1S/C52H28O6P2/c53-59-47-26-31-12-7-17-35(37(31)27-45(47)57-40-19-8-18-39(51(40)59)55-43-24-22-29-10-1-3-13-32(29)48(43)59)38-28-46-50(36-16-6-5-15-34(36)38)60(54)49-33-14-4-2-11-30(33)23-25-44(49)56-41-20-9-21-42(58-46)52(41)60/h1-28H. The summed E-state index contributed by atoms with van der Waals surface area (Å²) in [6.45, 7) is 0. The lowest BCUT2D eigenvalue weighted by Crippen LogP contribution is -2.35. The van der Waals surface area contributed by atoms with Gasteiger partial charge in [-0.3, -0.25) is 0 Å². The molecule has 0 amide bonds. The predicted molar refractivity (Wildman–Crippen MR) is 241 cm³/mol. The molecule has 2 unspecified atom stereocenters. The Labute approximate surface area is 342 Å². The molecule has 60 heavy (non-hydrogen) atoms. The summed E-state index contributed by atoms with van der Waals surface area (Å²) in [5.41, 5.74) is 1.85. The van der Waals surface area contributed by atoms with Crippen molar-refractivity contribution in [3.63, 3.8) is 0 Å². The zero-order valence-electron chi connectivity index (χ0n) is 31.5. The van der Waals surface area contributed by atoms with Crippen LogP contribution in [0.1, 0.15) is 0 Å². The van der Waals surface area contributed by atoms with Crippen molar-refractivity contribution in [2.24, 2.45) is 0 Å². The van der Waals surface area contributed by atoms with Crippen LogP contribution in [0, 0.1) is 0 Å². The van der Waals surface area contributed by atoms with Gasteiger partial charge in [0.25, 0.3) is 0 Å². The van der Waals surface area contributed by atoms with Crippen LogP contribution in [-0.2, 0) is 9.13 Å². The number of ether oxygens (including phenoxy) is 4. The van der Waals surface area contributed by atoms with Gasteiger partial charge in [0.15, 0.2) is 14.3 Å². The summed E-state index contributed by atoms with van der Waals surface area (Å²) < 4.78 is 59.4. The summed E-state index contributed by atoms with van der Waals surface area (Å²) >= 11 is 0. The van der Waals surface area contributed by atoms with E-state index in [1.54, 1.807) is 0 Å². The molecule has 0 aliphatic carbocycles. The smallest absolute Gasteiger partial charge is 0.186 e. The molecule has 10 aromatic rings. The molecule has 0 saturated carbocycles. The average Bonchev–Trinajstić information content (AvgIpc) is 3.27. The quantitative estimate of drug-likeness (QED) is 0.154. The van der Waals surface area contributed by atoms with Crippen LogP contribution in [0.5, 0.6) is 46.0 Å². The second kappa shape index (κ2) is 11.3. The van der Waals surface area contributed by atoms with Crippen molar-refractivity contribution in [3.05, 3.63) is 170 Å².